The molecule has 0 aromatic heterocycles. The number of thioether (sulfide) groups is 1. The number of quaternary nitrogens is 1. The second kappa shape index (κ2) is 5.79. The van der Waals surface area contributed by atoms with Crippen molar-refractivity contribution in [2.75, 3.05) is 6.54 Å². The summed E-state index contributed by atoms with van der Waals surface area (Å²) < 4.78 is 0. The Morgan fingerprint density at radius 3 is 2.44 bits per heavy atom. The number of fused-ring (bicyclic) bond motifs is 2. The van der Waals surface area contributed by atoms with Gasteiger partial charge in [0.25, 0.3) is 0 Å². The summed E-state index contributed by atoms with van der Waals surface area (Å²) in [7, 11) is 0. The summed E-state index contributed by atoms with van der Waals surface area (Å²) in [6.07, 6.45) is 0. The molecule has 94 valence electrons. The topological polar surface area (TPSA) is 27.6 Å². The predicted octanol–water partition coefficient (Wildman–Crippen LogP) is -0.330. The van der Waals surface area contributed by atoms with Crippen molar-refractivity contribution in [2.24, 2.45) is 0 Å². The van der Waals surface area contributed by atoms with Gasteiger partial charge in [-0.25, -0.2) is 0 Å². The van der Waals surface area contributed by atoms with E-state index in [2.05, 4.69) is 54.3 Å². The molecule has 1 aliphatic heterocycles. The summed E-state index contributed by atoms with van der Waals surface area (Å²) in [5, 5.41) is 0. The summed E-state index contributed by atoms with van der Waals surface area (Å²) >= 11 is 1.94. The molecule has 2 aromatic rings. The first kappa shape index (κ1) is 13.5. The molecule has 3 heteroatoms. The Morgan fingerprint density at radius 2 is 1.67 bits per heavy atom. The highest BCUT2D eigenvalue weighted by Gasteiger charge is 2.23. The standard InChI is InChI=1S/C15H15NS.ClH/c16-9-14-12-6-2-1-5-11(12)10-17-15-8-4-3-7-13(14)15;/h1-8,14H,9-10,16H2;1H. The van der Waals surface area contributed by atoms with E-state index in [0.29, 0.717) is 5.92 Å². The monoisotopic (exact) mass is 277 g/mol. The normalized spacial score (nSPS) is 17.1. The van der Waals surface area contributed by atoms with Crippen LogP contribution < -0.4 is 18.1 Å². The minimum Gasteiger partial charge on any atom is -1.00 e. The van der Waals surface area contributed by atoms with Gasteiger partial charge in [-0.15, -0.1) is 11.8 Å². The quantitative estimate of drug-likeness (QED) is 0.760. The first-order chi connectivity index (χ1) is 8.40. The minimum absolute atomic E-state index is 0. The molecule has 1 heterocycles. The zero-order valence-corrected chi connectivity index (χ0v) is 11.7. The van der Waals surface area contributed by atoms with Crippen molar-refractivity contribution in [2.45, 2.75) is 16.6 Å². The van der Waals surface area contributed by atoms with Gasteiger partial charge in [-0.05, 0) is 22.8 Å². The summed E-state index contributed by atoms with van der Waals surface area (Å²) in [6, 6.07) is 17.5. The van der Waals surface area contributed by atoms with Crippen LogP contribution in [0.1, 0.15) is 22.6 Å². The van der Waals surface area contributed by atoms with Gasteiger partial charge in [-0.1, -0.05) is 42.5 Å². The van der Waals surface area contributed by atoms with Crippen LogP contribution in [0.5, 0.6) is 0 Å². The van der Waals surface area contributed by atoms with Crippen molar-refractivity contribution in [1.82, 2.24) is 0 Å². The lowest BCUT2D eigenvalue weighted by Gasteiger charge is -2.15. The van der Waals surface area contributed by atoms with Crippen LogP contribution in [-0.2, 0) is 5.75 Å². The van der Waals surface area contributed by atoms with Gasteiger partial charge >= 0.3 is 0 Å². The maximum atomic E-state index is 4.14. The molecule has 1 aliphatic rings. The fraction of sp³-hybridized carbons (Fsp3) is 0.200. The molecule has 1 atom stereocenters. The number of hydrogen-bond donors (Lipinski definition) is 1. The van der Waals surface area contributed by atoms with Crippen LogP contribution in [0.25, 0.3) is 0 Å². The Morgan fingerprint density at radius 1 is 1.00 bits per heavy atom. The van der Waals surface area contributed by atoms with E-state index >= 15 is 0 Å². The van der Waals surface area contributed by atoms with Crippen molar-refractivity contribution < 1.29 is 18.1 Å². The number of halogens is 1. The zero-order chi connectivity index (χ0) is 11.7. The van der Waals surface area contributed by atoms with Crippen molar-refractivity contribution in [3.8, 4) is 0 Å². The second-order valence-corrected chi connectivity index (χ2v) is 5.38. The lowest BCUT2D eigenvalue weighted by atomic mass is 9.89. The molecule has 3 rings (SSSR count). The van der Waals surface area contributed by atoms with Gasteiger partial charge in [-0.2, -0.15) is 0 Å². The van der Waals surface area contributed by atoms with Gasteiger partial charge < -0.3 is 18.1 Å². The smallest absolute Gasteiger partial charge is 0.0851 e. The van der Waals surface area contributed by atoms with E-state index in [9.17, 15) is 0 Å². The Bertz CT molecular complexity index is 494. The molecule has 0 fully saturated rings. The molecule has 18 heavy (non-hydrogen) atoms. The molecular weight excluding hydrogens is 262 g/mol. The number of rotatable bonds is 1. The first-order valence-corrected chi connectivity index (χ1v) is 6.97. The van der Waals surface area contributed by atoms with Crippen LogP contribution >= 0.6 is 11.8 Å². The fourth-order valence-corrected chi connectivity index (χ4v) is 3.67. The first-order valence-electron chi connectivity index (χ1n) is 5.99. The number of benzene rings is 2. The van der Waals surface area contributed by atoms with Crippen LogP contribution in [0.3, 0.4) is 0 Å². The lowest BCUT2D eigenvalue weighted by Crippen LogP contribution is -3.00. The molecule has 0 bridgehead atoms. The van der Waals surface area contributed by atoms with Gasteiger partial charge in [-0.3, -0.25) is 0 Å². The number of hydrogen-bond acceptors (Lipinski definition) is 1. The third kappa shape index (κ3) is 2.28. The molecule has 0 saturated carbocycles. The minimum atomic E-state index is 0. The second-order valence-electron chi connectivity index (χ2n) is 4.37. The maximum Gasteiger partial charge on any atom is 0.0851 e. The third-order valence-corrected chi connectivity index (χ3v) is 4.53. The van der Waals surface area contributed by atoms with E-state index in [1.54, 1.807) is 0 Å². The van der Waals surface area contributed by atoms with E-state index in [4.69, 9.17) is 0 Å². The van der Waals surface area contributed by atoms with E-state index < -0.39 is 0 Å². The van der Waals surface area contributed by atoms with Crippen molar-refractivity contribution in [3.05, 3.63) is 65.2 Å². The van der Waals surface area contributed by atoms with Crippen LogP contribution in [0.15, 0.2) is 53.4 Å². The predicted molar refractivity (Wildman–Crippen MR) is 72.0 cm³/mol. The Kier molecular flexibility index (Phi) is 4.33. The van der Waals surface area contributed by atoms with Gasteiger partial charge in [0.05, 0.1) is 12.5 Å². The van der Waals surface area contributed by atoms with Gasteiger partial charge in [0.2, 0.25) is 0 Å². The van der Waals surface area contributed by atoms with Crippen LogP contribution in [0.2, 0.25) is 0 Å². The van der Waals surface area contributed by atoms with Crippen LogP contribution in [0, 0.1) is 0 Å². The van der Waals surface area contributed by atoms with Crippen molar-refractivity contribution in [3.63, 3.8) is 0 Å². The van der Waals surface area contributed by atoms with Crippen molar-refractivity contribution >= 4 is 11.8 Å². The summed E-state index contributed by atoms with van der Waals surface area (Å²) in [6.45, 7) is 0.925. The Balaban J connectivity index is 0.00000120. The van der Waals surface area contributed by atoms with E-state index in [-0.39, 0.29) is 12.4 Å². The molecule has 1 nitrogen and oxygen atoms in total. The van der Waals surface area contributed by atoms with Gasteiger partial charge in [0.1, 0.15) is 0 Å². The molecule has 2 aromatic carbocycles. The fourth-order valence-electron chi connectivity index (χ4n) is 2.54. The molecule has 1 unspecified atom stereocenters. The molecular formula is C15H16ClNS. The summed E-state index contributed by atoms with van der Waals surface area (Å²) in [5.41, 5.74) is 8.50. The van der Waals surface area contributed by atoms with Crippen molar-refractivity contribution in [1.29, 1.82) is 0 Å². The van der Waals surface area contributed by atoms with Gasteiger partial charge in [0, 0.05) is 10.6 Å². The zero-order valence-electron chi connectivity index (χ0n) is 10.1. The Labute approximate surface area is 118 Å². The summed E-state index contributed by atoms with van der Waals surface area (Å²) in [4.78, 5) is 1.41. The van der Waals surface area contributed by atoms with E-state index in [1.807, 2.05) is 11.8 Å². The van der Waals surface area contributed by atoms with Gasteiger partial charge in [0.15, 0.2) is 0 Å². The lowest BCUT2D eigenvalue weighted by molar-refractivity contribution is -0.370. The van der Waals surface area contributed by atoms with E-state index in [0.717, 1.165) is 12.3 Å². The SMILES string of the molecule is [Cl-].[NH3+]CC1c2ccccc2CSc2ccccc21. The third-order valence-electron chi connectivity index (χ3n) is 3.40. The van der Waals surface area contributed by atoms with Crippen LogP contribution in [-0.4, -0.2) is 6.54 Å². The average Bonchev–Trinajstić information content (AvgIpc) is 2.55. The van der Waals surface area contributed by atoms with Crippen LogP contribution in [0.4, 0.5) is 0 Å². The highest BCUT2D eigenvalue weighted by molar-refractivity contribution is 7.98. The highest BCUT2D eigenvalue weighted by atomic mass is 35.5. The Hall–Kier alpha value is -0.960. The summed E-state index contributed by atoms with van der Waals surface area (Å²) in [5.74, 6) is 1.53. The molecule has 0 radical (unpaired) electrons. The average molecular weight is 278 g/mol. The molecule has 3 N–H and O–H groups in total. The highest BCUT2D eigenvalue weighted by Crippen LogP contribution is 2.39. The molecule has 0 aliphatic carbocycles. The van der Waals surface area contributed by atoms with E-state index in [1.165, 1.54) is 21.6 Å². The molecule has 0 spiro atoms. The molecule has 0 amide bonds. The largest absolute Gasteiger partial charge is 1.00 e. The maximum absolute atomic E-state index is 4.14. The molecule has 0 saturated heterocycles.